The van der Waals surface area contributed by atoms with E-state index >= 15 is 0 Å². The summed E-state index contributed by atoms with van der Waals surface area (Å²) in [6.07, 6.45) is 7.36. The molecule has 1 amide bonds. The van der Waals surface area contributed by atoms with Crippen LogP contribution in [-0.2, 0) is 0 Å². The number of carbonyl (C=O) groups is 1. The maximum atomic E-state index is 12.1. The van der Waals surface area contributed by atoms with E-state index in [9.17, 15) is 9.90 Å². The predicted octanol–water partition coefficient (Wildman–Crippen LogP) is 1.49. The Morgan fingerprint density at radius 3 is 2.86 bits per heavy atom. The fourth-order valence-electron chi connectivity index (χ4n) is 2.46. The fraction of sp³-hybridized carbons (Fsp3) is 0.429. The molecule has 21 heavy (non-hydrogen) atoms. The van der Waals surface area contributed by atoms with E-state index in [1.165, 1.54) is 17.5 Å². The molecular formula is C14H16N4O2S. The topological polar surface area (TPSA) is 88.0 Å². The van der Waals surface area contributed by atoms with Gasteiger partial charge < -0.3 is 10.4 Å². The fourth-order valence-corrected chi connectivity index (χ4v) is 3.24. The molecule has 2 aromatic rings. The van der Waals surface area contributed by atoms with Crippen LogP contribution in [0, 0.1) is 5.92 Å². The SMILES string of the molecule is O=C(NCC1CCCC1O)c1cnc(-c2ncccn2)s1. The third-order valence-electron chi connectivity index (χ3n) is 3.63. The first-order valence-electron chi connectivity index (χ1n) is 6.93. The lowest BCUT2D eigenvalue weighted by molar-refractivity contribution is 0.0920. The maximum Gasteiger partial charge on any atom is 0.263 e. The molecule has 6 nitrogen and oxygen atoms in total. The summed E-state index contributed by atoms with van der Waals surface area (Å²) in [6.45, 7) is 0.509. The number of rotatable bonds is 4. The first-order valence-corrected chi connectivity index (χ1v) is 7.75. The molecule has 2 unspecified atom stereocenters. The van der Waals surface area contributed by atoms with Crippen molar-refractivity contribution in [3.63, 3.8) is 0 Å². The van der Waals surface area contributed by atoms with Crippen molar-refractivity contribution in [1.82, 2.24) is 20.3 Å². The van der Waals surface area contributed by atoms with E-state index in [4.69, 9.17) is 0 Å². The average Bonchev–Trinajstić information content (AvgIpc) is 3.15. The van der Waals surface area contributed by atoms with Gasteiger partial charge in [-0.1, -0.05) is 6.42 Å². The van der Waals surface area contributed by atoms with E-state index < -0.39 is 0 Å². The monoisotopic (exact) mass is 304 g/mol. The molecule has 0 aliphatic heterocycles. The summed E-state index contributed by atoms with van der Waals surface area (Å²) >= 11 is 1.27. The summed E-state index contributed by atoms with van der Waals surface area (Å²) in [5, 5.41) is 13.2. The predicted molar refractivity (Wildman–Crippen MR) is 78.8 cm³/mol. The van der Waals surface area contributed by atoms with Gasteiger partial charge in [0.15, 0.2) is 10.8 Å². The standard InChI is InChI=1S/C14H16N4O2S/c19-10-4-1-3-9(10)7-17-13(20)11-8-18-14(21-11)12-15-5-2-6-16-12/h2,5-6,8-10,19H,1,3-4,7H2,(H,17,20). The molecule has 1 saturated carbocycles. The van der Waals surface area contributed by atoms with E-state index in [0.717, 1.165) is 19.3 Å². The summed E-state index contributed by atoms with van der Waals surface area (Å²) in [7, 11) is 0. The van der Waals surface area contributed by atoms with Crippen LogP contribution in [0.15, 0.2) is 24.7 Å². The molecule has 2 N–H and O–H groups in total. The molecule has 0 saturated heterocycles. The molecule has 0 spiro atoms. The summed E-state index contributed by atoms with van der Waals surface area (Å²) in [5.41, 5.74) is 0. The number of thiazole rings is 1. The van der Waals surface area contributed by atoms with Crippen molar-refractivity contribution in [2.24, 2.45) is 5.92 Å². The third kappa shape index (κ3) is 3.25. The number of hydrogen-bond donors (Lipinski definition) is 2. The number of aliphatic hydroxyl groups excluding tert-OH is 1. The minimum atomic E-state index is -0.292. The molecule has 0 aromatic carbocycles. The van der Waals surface area contributed by atoms with Crippen LogP contribution < -0.4 is 5.32 Å². The van der Waals surface area contributed by atoms with Gasteiger partial charge in [-0.15, -0.1) is 11.3 Å². The second-order valence-electron chi connectivity index (χ2n) is 5.07. The van der Waals surface area contributed by atoms with Gasteiger partial charge in [0.1, 0.15) is 4.88 Å². The van der Waals surface area contributed by atoms with Gasteiger partial charge in [0.05, 0.1) is 12.3 Å². The molecule has 0 bridgehead atoms. The molecule has 2 atom stereocenters. The highest BCUT2D eigenvalue weighted by Gasteiger charge is 2.25. The second-order valence-corrected chi connectivity index (χ2v) is 6.10. The van der Waals surface area contributed by atoms with Crippen LogP contribution in [0.3, 0.4) is 0 Å². The lowest BCUT2D eigenvalue weighted by Crippen LogP contribution is -2.32. The first-order chi connectivity index (χ1) is 10.2. The number of carbonyl (C=O) groups excluding carboxylic acids is 1. The lowest BCUT2D eigenvalue weighted by Gasteiger charge is -2.14. The van der Waals surface area contributed by atoms with Crippen LogP contribution in [0.25, 0.3) is 10.8 Å². The smallest absolute Gasteiger partial charge is 0.263 e. The van der Waals surface area contributed by atoms with E-state index in [1.54, 1.807) is 18.5 Å². The van der Waals surface area contributed by atoms with Crippen LogP contribution in [0.5, 0.6) is 0 Å². The van der Waals surface area contributed by atoms with Crippen molar-refractivity contribution < 1.29 is 9.90 Å². The Kier molecular flexibility index (Phi) is 4.21. The molecule has 0 radical (unpaired) electrons. The third-order valence-corrected chi connectivity index (χ3v) is 4.62. The van der Waals surface area contributed by atoms with Crippen molar-refractivity contribution in [2.75, 3.05) is 6.54 Å². The highest BCUT2D eigenvalue weighted by molar-refractivity contribution is 7.16. The molecule has 110 valence electrons. The van der Waals surface area contributed by atoms with Crippen molar-refractivity contribution in [3.05, 3.63) is 29.5 Å². The zero-order valence-electron chi connectivity index (χ0n) is 11.4. The molecule has 7 heteroatoms. The van der Waals surface area contributed by atoms with E-state index in [1.807, 2.05) is 0 Å². The Morgan fingerprint density at radius 1 is 1.33 bits per heavy atom. The highest BCUT2D eigenvalue weighted by Crippen LogP contribution is 2.25. The van der Waals surface area contributed by atoms with Gasteiger partial charge >= 0.3 is 0 Å². The highest BCUT2D eigenvalue weighted by atomic mass is 32.1. The first kappa shape index (κ1) is 14.1. The number of hydrogen-bond acceptors (Lipinski definition) is 6. The van der Waals surface area contributed by atoms with Crippen molar-refractivity contribution in [3.8, 4) is 10.8 Å². The van der Waals surface area contributed by atoms with Gasteiger partial charge in [-0.05, 0) is 18.9 Å². The van der Waals surface area contributed by atoms with Gasteiger partial charge in [0.25, 0.3) is 5.91 Å². The molecular weight excluding hydrogens is 288 g/mol. The quantitative estimate of drug-likeness (QED) is 0.893. The Morgan fingerprint density at radius 2 is 2.14 bits per heavy atom. The number of aromatic nitrogens is 3. The molecule has 2 aromatic heterocycles. The Labute approximate surface area is 126 Å². The number of aliphatic hydroxyl groups is 1. The van der Waals surface area contributed by atoms with Gasteiger partial charge in [-0.3, -0.25) is 4.79 Å². The summed E-state index contributed by atoms with van der Waals surface area (Å²) in [4.78, 5) is 25.0. The normalized spacial score (nSPS) is 21.4. The van der Waals surface area contributed by atoms with Gasteiger partial charge in [-0.25, -0.2) is 15.0 Å². The lowest BCUT2D eigenvalue weighted by atomic mass is 10.1. The molecule has 1 fully saturated rings. The van der Waals surface area contributed by atoms with Crippen molar-refractivity contribution in [1.29, 1.82) is 0 Å². The van der Waals surface area contributed by atoms with Crippen molar-refractivity contribution >= 4 is 17.2 Å². The zero-order chi connectivity index (χ0) is 14.7. The van der Waals surface area contributed by atoms with Gasteiger partial charge in [-0.2, -0.15) is 0 Å². The Hall–Kier alpha value is -1.86. The minimum Gasteiger partial charge on any atom is -0.393 e. The zero-order valence-corrected chi connectivity index (χ0v) is 12.2. The summed E-state index contributed by atoms with van der Waals surface area (Å²) in [5.74, 6) is 0.528. The van der Waals surface area contributed by atoms with Crippen LogP contribution >= 0.6 is 11.3 Å². The number of nitrogens with one attached hydrogen (secondary N) is 1. The van der Waals surface area contributed by atoms with E-state index in [2.05, 4.69) is 20.3 Å². The number of amides is 1. The molecule has 3 rings (SSSR count). The second kappa shape index (κ2) is 6.28. The Bertz CT molecular complexity index is 616. The molecule has 1 aliphatic carbocycles. The van der Waals surface area contributed by atoms with Crippen LogP contribution in [-0.4, -0.2) is 38.6 Å². The molecule has 1 aliphatic rings. The average molecular weight is 304 g/mol. The van der Waals surface area contributed by atoms with Crippen LogP contribution in [0.2, 0.25) is 0 Å². The van der Waals surface area contributed by atoms with E-state index in [-0.39, 0.29) is 17.9 Å². The van der Waals surface area contributed by atoms with Gasteiger partial charge in [0.2, 0.25) is 0 Å². The largest absolute Gasteiger partial charge is 0.393 e. The Balaban J connectivity index is 1.62. The van der Waals surface area contributed by atoms with Crippen LogP contribution in [0.4, 0.5) is 0 Å². The summed E-state index contributed by atoms with van der Waals surface area (Å²) in [6, 6.07) is 1.73. The van der Waals surface area contributed by atoms with E-state index in [0.29, 0.717) is 22.3 Å². The summed E-state index contributed by atoms with van der Waals surface area (Å²) < 4.78 is 0. The molecule has 2 heterocycles. The minimum absolute atomic E-state index is 0.159. The maximum absolute atomic E-state index is 12.1. The van der Waals surface area contributed by atoms with Crippen LogP contribution in [0.1, 0.15) is 28.9 Å². The van der Waals surface area contributed by atoms with Crippen molar-refractivity contribution in [2.45, 2.75) is 25.4 Å². The van der Waals surface area contributed by atoms with Gasteiger partial charge in [0, 0.05) is 24.9 Å². The number of nitrogens with zero attached hydrogens (tertiary/aromatic N) is 3.